The lowest BCUT2D eigenvalue weighted by Crippen LogP contribution is -2.47. The zero-order valence-corrected chi connectivity index (χ0v) is 17.9. The van der Waals surface area contributed by atoms with E-state index in [4.69, 9.17) is 23.2 Å². The topological polar surface area (TPSA) is 49.4 Å². The molecule has 0 aliphatic rings. The predicted octanol–water partition coefficient (Wildman–Crippen LogP) is 4.53. The van der Waals surface area contributed by atoms with Gasteiger partial charge in [0.2, 0.25) is 11.8 Å². The van der Waals surface area contributed by atoms with E-state index in [2.05, 4.69) is 5.32 Å². The summed E-state index contributed by atoms with van der Waals surface area (Å²) in [5, 5.41) is 3.51. The Morgan fingerprint density at radius 3 is 2.36 bits per heavy atom. The van der Waals surface area contributed by atoms with E-state index in [0.717, 1.165) is 11.1 Å². The van der Waals surface area contributed by atoms with Crippen LogP contribution in [0.5, 0.6) is 0 Å². The molecule has 0 aliphatic carbocycles. The molecule has 0 aromatic heterocycles. The first-order valence-corrected chi connectivity index (χ1v) is 10.5. The Hall–Kier alpha value is -1.76. The van der Waals surface area contributed by atoms with Crippen LogP contribution < -0.4 is 5.32 Å². The monoisotopic (exact) mass is 442 g/mol. The number of benzene rings is 2. The molecule has 0 saturated heterocycles. The molecule has 2 aromatic rings. The number of rotatable bonds is 8. The Bertz CT molecular complexity index is 833. The smallest absolute Gasteiger partial charge is 0.242 e. The summed E-state index contributed by atoms with van der Waals surface area (Å²) in [7, 11) is 1.53. The summed E-state index contributed by atoms with van der Waals surface area (Å²) in [6, 6.07) is 10.6. The minimum Gasteiger partial charge on any atom is -0.357 e. The van der Waals surface area contributed by atoms with Crippen LogP contribution in [0.25, 0.3) is 0 Å². The van der Waals surface area contributed by atoms with Crippen molar-refractivity contribution in [3.63, 3.8) is 0 Å². The molecule has 0 fully saturated rings. The molecule has 1 N–H and O–H groups in total. The minimum absolute atomic E-state index is 0.175. The van der Waals surface area contributed by atoms with Crippen molar-refractivity contribution in [2.75, 3.05) is 12.8 Å². The number of hydrogen-bond acceptors (Lipinski definition) is 3. The summed E-state index contributed by atoms with van der Waals surface area (Å²) < 4.78 is 13.1. The number of nitrogens with zero attached hydrogens (tertiary/aromatic N) is 1. The normalized spacial score (nSPS) is 11.8. The number of thioether (sulfide) groups is 1. The Balaban J connectivity index is 2.03. The molecule has 4 nitrogen and oxygen atoms in total. The number of likely N-dealkylation sites (N-methyl/N-ethyl adjacent to an activating group) is 1. The molecule has 0 unspecified atom stereocenters. The number of amides is 2. The standard InChI is InChI=1S/C20H21Cl2FN2O2S/c1-13(20(27)24-2)25(10-14-3-6-16(23)7-4-14)19(26)12-28-11-15-5-8-17(21)18(22)9-15/h3-9,13H,10-12H2,1-2H3,(H,24,27)/t13-/m1/s1. The number of carbonyl (C=O) groups excluding carboxylic acids is 2. The van der Waals surface area contributed by atoms with Gasteiger partial charge in [0.15, 0.2) is 0 Å². The van der Waals surface area contributed by atoms with Crippen molar-refractivity contribution in [1.82, 2.24) is 10.2 Å². The number of carbonyl (C=O) groups is 2. The molecular weight excluding hydrogens is 422 g/mol. The van der Waals surface area contributed by atoms with Crippen molar-refractivity contribution < 1.29 is 14.0 Å². The summed E-state index contributed by atoms with van der Waals surface area (Å²) in [4.78, 5) is 26.4. The summed E-state index contributed by atoms with van der Waals surface area (Å²) in [6.45, 7) is 1.89. The van der Waals surface area contributed by atoms with Gasteiger partial charge in [-0.05, 0) is 42.3 Å². The molecular formula is C20H21Cl2FN2O2S. The second-order valence-electron chi connectivity index (χ2n) is 6.18. The van der Waals surface area contributed by atoms with Gasteiger partial charge in [-0.2, -0.15) is 0 Å². The van der Waals surface area contributed by atoms with Crippen molar-refractivity contribution >= 4 is 46.8 Å². The van der Waals surface area contributed by atoms with Gasteiger partial charge in [0.1, 0.15) is 11.9 Å². The van der Waals surface area contributed by atoms with Crippen molar-refractivity contribution in [3.8, 4) is 0 Å². The molecule has 8 heteroatoms. The number of nitrogens with one attached hydrogen (secondary N) is 1. The maximum absolute atomic E-state index is 13.1. The highest BCUT2D eigenvalue weighted by Crippen LogP contribution is 2.25. The first kappa shape index (κ1) is 22.5. The number of hydrogen-bond donors (Lipinski definition) is 1. The fraction of sp³-hybridized carbons (Fsp3) is 0.300. The van der Waals surface area contributed by atoms with Crippen LogP contribution in [-0.2, 0) is 21.9 Å². The first-order valence-electron chi connectivity index (χ1n) is 8.59. The Morgan fingerprint density at radius 2 is 1.75 bits per heavy atom. The molecule has 2 aromatic carbocycles. The molecule has 150 valence electrons. The molecule has 0 bridgehead atoms. The molecule has 28 heavy (non-hydrogen) atoms. The van der Waals surface area contributed by atoms with E-state index >= 15 is 0 Å². The highest BCUT2D eigenvalue weighted by atomic mass is 35.5. The van der Waals surface area contributed by atoms with E-state index in [1.807, 2.05) is 6.07 Å². The largest absolute Gasteiger partial charge is 0.357 e. The van der Waals surface area contributed by atoms with Gasteiger partial charge >= 0.3 is 0 Å². The van der Waals surface area contributed by atoms with Gasteiger partial charge in [0.25, 0.3) is 0 Å². The molecule has 0 heterocycles. The zero-order chi connectivity index (χ0) is 20.7. The van der Waals surface area contributed by atoms with Gasteiger partial charge < -0.3 is 10.2 Å². The van der Waals surface area contributed by atoms with E-state index in [0.29, 0.717) is 15.8 Å². The Morgan fingerprint density at radius 1 is 1.11 bits per heavy atom. The van der Waals surface area contributed by atoms with Crippen molar-refractivity contribution in [2.45, 2.75) is 25.3 Å². The third-order valence-corrected chi connectivity index (χ3v) is 5.89. The van der Waals surface area contributed by atoms with Crippen LogP contribution in [0.4, 0.5) is 4.39 Å². The van der Waals surface area contributed by atoms with Gasteiger partial charge in [0.05, 0.1) is 15.8 Å². The van der Waals surface area contributed by atoms with Gasteiger partial charge in [-0.3, -0.25) is 9.59 Å². The Kier molecular flexibility index (Phi) is 8.60. The quantitative estimate of drug-likeness (QED) is 0.653. The van der Waals surface area contributed by atoms with E-state index < -0.39 is 6.04 Å². The fourth-order valence-electron chi connectivity index (χ4n) is 2.55. The number of halogens is 3. The molecule has 2 amide bonds. The lowest BCUT2D eigenvalue weighted by Gasteiger charge is -2.28. The molecule has 0 radical (unpaired) electrons. The van der Waals surface area contributed by atoms with Crippen LogP contribution in [0.15, 0.2) is 42.5 Å². The summed E-state index contributed by atoms with van der Waals surface area (Å²) >= 11 is 13.3. The third kappa shape index (κ3) is 6.40. The summed E-state index contributed by atoms with van der Waals surface area (Å²) in [5.41, 5.74) is 1.71. The Labute approximate surface area is 178 Å². The SMILES string of the molecule is CNC(=O)[C@@H](C)N(Cc1ccc(F)cc1)C(=O)CSCc1ccc(Cl)c(Cl)c1. The fourth-order valence-corrected chi connectivity index (χ4v) is 3.73. The van der Waals surface area contributed by atoms with Gasteiger partial charge in [-0.15, -0.1) is 11.8 Å². The van der Waals surface area contributed by atoms with E-state index in [1.165, 1.54) is 35.8 Å². The van der Waals surface area contributed by atoms with Gasteiger partial charge in [-0.1, -0.05) is 41.4 Å². The van der Waals surface area contributed by atoms with Gasteiger partial charge in [0, 0.05) is 19.3 Å². The van der Waals surface area contributed by atoms with Crippen LogP contribution in [0.1, 0.15) is 18.1 Å². The maximum atomic E-state index is 13.1. The summed E-state index contributed by atoms with van der Waals surface area (Å²) in [5.74, 6) is -0.00182. The minimum atomic E-state index is -0.645. The molecule has 0 spiro atoms. The highest BCUT2D eigenvalue weighted by Gasteiger charge is 2.25. The second kappa shape index (κ2) is 10.7. The molecule has 1 atom stereocenters. The zero-order valence-electron chi connectivity index (χ0n) is 15.5. The van der Waals surface area contributed by atoms with Crippen LogP contribution >= 0.6 is 35.0 Å². The van der Waals surface area contributed by atoms with Crippen LogP contribution in [-0.4, -0.2) is 35.6 Å². The van der Waals surface area contributed by atoms with Crippen LogP contribution in [0.2, 0.25) is 10.0 Å². The van der Waals surface area contributed by atoms with Crippen LogP contribution in [0.3, 0.4) is 0 Å². The van der Waals surface area contributed by atoms with E-state index in [1.54, 1.807) is 31.2 Å². The third-order valence-electron chi connectivity index (χ3n) is 4.16. The molecule has 0 saturated carbocycles. The maximum Gasteiger partial charge on any atom is 0.242 e. The molecule has 0 aliphatic heterocycles. The van der Waals surface area contributed by atoms with Crippen molar-refractivity contribution in [3.05, 3.63) is 69.5 Å². The van der Waals surface area contributed by atoms with Gasteiger partial charge in [-0.25, -0.2) is 4.39 Å². The lowest BCUT2D eigenvalue weighted by molar-refractivity contribution is -0.138. The average molecular weight is 443 g/mol. The van der Waals surface area contributed by atoms with Crippen LogP contribution in [0, 0.1) is 5.82 Å². The summed E-state index contributed by atoms with van der Waals surface area (Å²) in [6.07, 6.45) is 0. The van der Waals surface area contributed by atoms with E-state index in [9.17, 15) is 14.0 Å². The molecule has 2 rings (SSSR count). The second-order valence-corrected chi connectivity index (χ2v) is 7.98. The lowest BCUT2D eigenvalue weighted by atomic mass is 10.1. The first-order chi connectivity index (χ1) is 13.3. The van der Waals surface area contributed by atoms with Crippen molar-refractivity contribution in [2.24, 2.45) is 0 Å². The predicted molar refractivity (Wildman–Crippen MR) is 113 cm³/mol. The van der Waals surface area contributed by atoms with Crippen molar-refractivity contribution in [1.29, 1.82) is 0 Å². The highest BCUT2D eigenvalue weighted by molar-refractivity contribution is 7.99. The van der Waals surface area contributed by atoms with E-state index in [-0.39, 0.29) is 29.9 Å². The average Bonchev–Trinajstić information content (AvgIpc) is 2.69.